The Hall–Kier alpha value is -0.970. The van der Waals surface area contributed by atoms with Crippen LogP contribution in [-0.2, 0) is 9.53 Å². The molecule has 6 heteroatoms. The predicted octanol–water partition coefficient (Wildman–Crippen LogP) is 2.33. The van der Waals surface area contributed by atoms with Gasteiger partial charge in [0.15, 0.2) is 0 Å². The summed E-state index contributed by atoms with van der Waals surface area (Å²) in [6.07, 6.45) is 0.126. The van der Waals surface area contributed by atoms with Crippen LogP contribution in [0.3, 0.4) is 0 Å². The van der Waals surface area contributed by atoms with E-state index in [1.54, 1.807) is 18.2 Å². The van der Waals surface area contributed by atoms with Gasteiger partial charge in [-0.3, -0.25) is 4.79 Å². The number of nitrogens with two attached hydrogens (primary N) is 1. The van der Waals surface area contributed by atoms with Crippen LogP contribution in [0, 0.1) is 0 Å². The van der Waals surface area contributed by atoms with Gasteiger partial charge < -0.3 is 15.2 Å². The molecule has 0 amide bonds. The lowest BCUT2D eigenvalue weighted by molar-refractivity contribution is -0.141. The largest absolute Gasteiger partial charge is 0.495 e. The van der Waals surface area contributed by atoms with E-state index < -0.39 is 6.04 Å². The van der Waals surface area contributed by atoms with E-state index in [0.717, 1.165) is 5.56 Å². The molecule has 0 saturated carbocycles. The lowest BCUT2D eigenvalue weighted by Gasteiger charge is -2.12. The van der Waals surface area contributed by atoms with Gasteiger partial charge in [-0.05, 0) is 17.7 Å². The summed E-state index contributed by atoms with van der Waals surface area (Å²) in [6, 6.07) is 4.75. The van der Waals surface area contributed by atoms with Crippen molar-refractivity contribution in [2.24, 2.45) is 5.73 Å². The number of hydrogen-bond acceptors (Lipinski definition) is 4. The second-order valence-corrected chi connectivity index (χ2v) is 3.69. The highest BCUT2D eigenvalue weighted by atomic mass is 35.5. The van der Waals surface area contributed by atoms with Gasteiger partial charge in [0, 0.05) is 6.04 Å². The van der Waals surface area contributed by atoms with E-state index in [0.29, 0.717) is 10.8 Å². The molecule has 0 heterocycles. The van der Waals surface area contributed by atoms with Gasteiger partial charge in [-0.25, -0.2) is 0 Å². The lowest BCUT2D eigenvalue weighted by atomic mass is 10.0. The third kappa shape index (κ3) is 4.42. The molecule has 96 valence electrons. The summed E-state index contributed by atoms with van der Waals surface area (Å²) in [5.41, 5.74) is 6.63. The summed E-state index contributed by atoms with van der Waals surface area (Å²) in [5.74, 6) is 0.195. The number of esters is 1. The van der Waals surface area contributed by atoms with Crippen molar-refractivity contribution < 1.29 is 14.3 Å². The van der Waals surface area contributed by atoms with E-state index in [9.17, 15) is 4.79 Å². The monoisotopic (exact) mass is 279 g/mol. The van der Waals surface area contributed by atoms with E-state index >= 15 is 0 Å². The van der Waals surface area contributed by atoms with Crippen LogP contribution in [-0.4, -0.2) is 20.2 Å². The van der Waals surface area contributed by atoms with Crippen LogP contribution < -0.4 is 10.5 Å². The molecule has 0 bridgehead atoms. The van der Waals surface area contributed by atoms with Crippen LogP contribution in [0.4, 0.5) is 0 Å². The Morgan fingerprint density at radius 2 is 2.12 bits per heavy atom. The van der Waals surface area contributed by atoms with Crippen LogP contribution in [0.1, 0.15) is 18.0 Å². The molecule has 17 heavy (non-hydrogen) atoms. The Morgan fingerprint density at radius 3 is 2.65 bits per heavy atom. The first-order chi connectivity index (χ1) is 7.58. The van der Waals surface area contributed by atoms with Crippen molar-refractivity contribution >= 4 is 30.0 Å². The highest BCUT2D eigenvalue weighted by Crippen LogP contribution is 2.28. The van der Waals surface area contributed by atoms with E-state index in [1.165, 1.54) is 14.2 Å². The van der Waals surface area contributed by atoms with Crippen molar-refractivity contribution in [2.45, 2.75) is 12.5 Å². The zero-order valence-electron chi connectivity index (χ0n) is 9.60. The maximum absolute atomic E-state index is 11.1. The molecule has 0 aliphatic carbocycles. The molecule has 0 fully saturated rings. The first-order valence-corrected chi connectivity index (χ1v) is 5.12. The van der Waals surface area contributed by atoms with Crippen molar-refractivity contribution in [1.82, 2.24) is 0 Å². The summed E-state index contributed by atoms with van der Waals surface area (Å²) < 4.78 is 9.61. The quantitative estimate of drug-likeness (QED) is 0.860. The highest BCUT2D eigenvalue weighted by molar-refractivity contribution is 6.32. The van der Waals surface area contributed by atoms with Gasteiger partial charge in [0.2, 0.25) is 0 Å². The average molecular weight is 280 g/mol. The van der Waals surface area contributed by atoms with Gasteiger partial charge in [-0.1, -0.05) is 17.7 Å². The standard InChI is InChI=1S/C11H14ClNO3.ClH/c1-15-10-5-7(3-4-8(10)12)9(13)6-11(14)16-2;/h3-5,9H,6,13H2,1-2H3;1H/t9-;/m0./s1. The average Bonchev–Trinajstić information content (AvgIpc) is 2.29. The molecule has 4 nitrogen and oxygen atoms in total. The first-order valence-electron chi connectivity index (χ1n) is 4.74. The van der Waals surface area contributed by atoms with Gasteiger partial charge >= 0.3 is 5.97 Å². The minimum atomic E-state index is -0.418. The maximum Gasteiger partial charge on any atom is 0.307 e. The van der Waals surface area contributed by atoms with Gasteiger partial charge in [-0.2, -0.15) is 0 Å². The third-order valence-electron chi connectivity index (χ3n) is 2.22. The smallest absolute Gasteiger partial charge is 0.307 e. The van der Waals surface area contributed by atoms with Crippen molar-refractivity contribution in [1.29, 1.82) is 0 Å². The summed E-state index contributed by atoms with van der Waals surface area (Å²) in [6.45, 7) is 0. The summed E-state index contributed by atoms with van der Waals surface area (Å²) in [7, 11) is 2.86. The van der Waals surface area contributed by atoms with E-state index in [1.807, 2.05) is 0 Å². The second-order valence-electron chi connectivity index (χ2n) is 3.28. The molecule has 1 rings (SSSR count). The third-order valence-corrected chi connectivity index (χ3v) is 2.53. The van der Waals surface area contributed by atoms with Crippen molar-refractivity contribution in [2.75, 3.05) is 14.2 Å². The fourth-order valence-corrected chi connectivity index (χ4v) is 1.48. The SMILES string of the molecule is COC(=O)C[C@H](N)c1ccc(Cl)c(OC)c1.Cl. The van der Waals surface area contributed by atoms with Crippen LogP contribution in [0.2, 0.25) is 5.02 Å². The minimum absolute atomic E-state index is 0. The molecular formula is C11H15Cl2NO3. The topological polar surface area (TPSA) is 61.5 Å². The number of hydrogen-bond donors (Lipinski definition) is 1. The van der Waals surface area contributed by atoms with Crippen LogP contribution in [0.15, 0.2) is 18.2 Å². The Labute approximate surface area is 111 Å². The fraction of sp³-hybridized carbons (Fsp3) is 0.364. The Balaban J connectivity index is 0.00000256. The van der Waals surface area contributed by atoms with Crippen LogP contribution in [0.25, 0.3) is 0 Å². The Kier molecular flexibility index (Phi) is 6.95. The normalized spacial score (nSPS) is 11.3. The maximum atomic E-state index is 11.1. The molecule has 0 saturated heterocycles. The second kappa shape index (κ2) is 7.37. The number of ether oxygens (including phenoxy) is 2. The van der Waals surface area contributed by atoms with Gasteiger partial charge in [0.1, 0.15) is 5.75 Å². The van der Waals surface area contributed by atoms with E-state index in [2.05, 4.69) is 4.74 Å². The lowest BCUT2D eigenvalue weighted by Crippen LogP contribution is -2.16. The van der Waals surface area contributed by atoms with Gasteiger partial charge in [-0.15, -0.1) is 12.4 Å². The molecule has 0 unspecified atom stereocenters. The molecule has 2 N–H and O–H groups in total. The molecule has 0 aliphatic heterocycles. The molecule has 0 aromatic heterocycles. The van der Waals surface area contributed by atoms with Crippen molar-refractivity contribution in [3.05, 3.63) is 28.8 Å². The van der Waals surface area contributed by atoms with Gasteiger partial charge in [0.05, 0.1) is 25.7 Å². The molecule has 0 aliphatic rings. The van der Waals surface area contributed by atoms with Crippen molar-refractivity contribution in [3.63, 3.8) is 0 Å². The first kappa shape index (κ1) is 16.0. The summed E-state index contributed by atoms with van der Waals surface area (Å²) in [5, 5.41) is 0.511. The number of carbonyl (C=O) groups excluding carboxylic acids is 1. The molecule has 1 aromatic rings. The van der Waals surface area contributed by atoms with Crippen LogP contribution >= 0.6 is 24.0 Å². The number of rotatable bonds is 4. The summed E-state index contributed by atoms with van der Waals surface area (Å²) in [4.78, 5) is 11.1. The zero-order chi connectivity index (χ0) is 12.1. The Bertz CT molecular complexity index is 385. The van der Waals surface area contributed by atoms with Crippen LogP contribution in [0.5, 0.6) is 5.75 Å². The van der Waals surface area contributed by atoms with E-state index in [-0.39, 0.29) is 24.8 Å². The summed E-state index contributed by atoms with van der Waals surface area (Å²) >= 11 is 5.88. The van der Waals surface area contributed by atoms with Crippen molar-refractivity contribution in [3.8, 4) is 5.75 Å². The Morgan fingerprint density at radius 1 is 1.47 bits per heavy atom. The number of carbonyl (C=O) groups is 1. The number of halogens is 2. The molecular weight excluding hydrogens is 265 g/mol. The molecule has 0 spiro atoms. The zero-order valence-corrected chi connectivity index (χ0v) is 11.2. The number of methoxy groups -OCH3 is 2. The minimum Gasteiger partial charge on any atom is -0.495 e. The molecule has 0 radical (unpaired) electrons. The fourth-order valence-electron chi connectivity index (χ4n) is 1.29. The van der Waals surface area contributed by atoms with Gasteiger partial charge in [0.25, 0.3) is 0 Å². The molecule has 1 aromatic carbocycles. The predicted molar refractivity (Wildman–Crippen MR) is 68.8 cm³/mol. The molecule has 1 atom stereocenters. The van der Waals surface area contributed by atoms with E-state index in [4.69, 9.17) is 22.1 Å². The number of benzene rings is 1. The highest BCUT2D eigenvalue weighted by Gasteiger charge is 2.13.